The zero-order valence-electron chi connectivity index (χ0n) is 14.1. The smallest absolute Gasteiger partial charge is 0.260 e. The fraction of sp³-hybridized carbons (Fsp3) is 0.500. The van der Waals surface area contributed by atoms with Gasteiger partial charge in [-0.15, -0.1) is 10.2 Å². The van der Waals surface area contributed by atoms with Crippen LogP contribution in [0, 0.1) is 0 Å². The van der Waals surface area contributed by atoms with E-state index in [4.69, 9.17) is 9.47 Å². The van der Waals surface area contributed by atoms with E-state index >= 15 is 0 Å². The van der Waals surface area contributed by atoms with E-state index in [-0.39, 0.29) is 18.6 Å². The van der Waals surface area contributed by atoms with Gasteiger partial charge in [-0.3, -0.25) is 4.79 Å². The lowest BCUT2D eigenvalue weighted by Crippen LogP contribution is -2.52. The Hall–Kier alpha value is -2.41. The molecule has 0 atom stereocenters. The Kier molecular flexibility index (Phi) is 4.65. The lowest BCUT2D eigenvalue weighted by molar-refractivity contribution is -0.139. The molecule has 0 N–H and O–H groups in total. The molecule has 2 aromatic rings. The molecule has 132 valence electrons. The van der Waals surface area contributed by atoms with Gasteiger partial charge in [-0.1, -0.05) is 18.2 Å². The van der Waals surface area contributed by atoms with Crippen LogP contribution in [0.15, 0.2) is 36.7 Å². The largest absolute Gasteiger partial charge is 0.484 e. The first kappa shape index (κ1) is 16.1. The minimum Gasteiger partial charge on any atom is -0.484 e. The van der Waals surface area contributed by atoms with Gasteiger partial charge in [0.1, 0.15) is 17.9 Å². The molecule has 2 aliphatic rings. The molecule has 2 aliphatic heterocycles. The highest BCUT2D eigenvalue weighted by Gasteiger charge is 2.34. The molecule has 7 heteroatoms. The van der Waals surface area contributed by atoms with Crippen LogP contribution in [-0.2, 0) is 9.53 Å². The Bertz CT molecular complexity index is 706. The summed E-state index contributed by atoms with van der Waals surface area (Å²) >= 11 is 0. The molecule has 0 aliphatic carbocycles. The zero-order valence-corrected chi connectivity index (χ0v) is 14.1. The van der Waals surface area contributed by atoms with E-state index in [0.29, 0.717) is 24.8 Å². The van der Waals surface area contributed by atoms with Crippen molar-refractivity contribution < 1.29 is 14.3 Å². The second kappa shape index (κ2) is 7.23. The van der Waals surface area contributed by atoms with Gasteiger partial charge in [0.15, 0.2) is 6.61 Å². The predicted molar refractivity (Wildman–Crippen MR) is 90.4 cm³/mol. The minimum atomic E-state index is 0.0146. The van der Waals surface area contributed by atoms with E-state index in [1.807, 2.05) is 35.2 Å². The molecule has 7 nitrogen and oxygen atoms in total. The Morgan fingerprint density at radius 2 is 1.96 bits per heavy atom. The molecule has 3 heterocycles. The van der Waals surface area contributed by atoms with Crippen molar-refractivity contribution in [2.45, 2.75) is 24.8 Å². The third-order valence-electron chi connectivity index (χ3n) is 4.90. The van der Waals surface area contributed by atoms with Crippen LogP contribution >= 0.6 is 0 Å². The van der Waals surface area contributed by atoms with Crippen LogP contribution in [0.1, 0.15) is 30.6 Å². The summed E-state index contributed by atoms with van der Waals surface area (Å²) in [6.07, 6.45) is 3.76. The van der Waals surface area contributed by atoms with Crippen molar-refractivity contribution in [2.24, 2.45) is 0 Å². The van der Waals surface area contributed by atoms with Crippen molar-refractivity contribution in [3.63, 3.8) is 0 Å². The number of carbonyl (C=O) groups is 1. The maximum Gasteiger partial charge on any atom is 0.260 e. The molecule has 0 spiro atoms. The van der Waals surface area contributed by atoms with Gasteiger partial charge in [-0.05, 0) is 25.0 Å². The fourth-order valence-electron chi connectivity index (χ4n) is 3.37. The molecule has 0 radical (unpaired) electrons. The summed E-state index contributed by atoms with van der Waals surface area (Å²) in [5, 5.41) is 8.41. The first-order chi connectivity index (χ1) is 12.3. The molecular weight excluding hydrogens is 320 g/mol. The monoisotopic (exact) mass is 342 g/mol. The summed E-state index contributed by atoms with van der Waals surface area (Å²) in [4.78, 5) is 14.1. The van der Waals surface area contributed by atoms with Gasteiger partial charge >= 0.3 is 0 Å². The highest BCUT2D eigenvalue weighted by Crippen LogP contribution is 2.30. The molecule has 1 aromatic carbocycles. The lowest BCUT2D eigenvalue weighted by atomic mass is 9.98. The highest BCUT2D eigenvalue weighted by atomic mass is 16.5. The molecule has 25 heavy (non-hydrogen) atoms. The van der Waals surface area contributed by atoms with Gasteiger partial charge in [0, 0.05) is 32.2 Å². The van der Waals surface area contributed by atoms with Crippen LogP contribution in [0.4, 0.5) is 0 Å². The molecule has 4 rings (SSSR count). The summed E-state index contributed by atoms with van der Waals surface area (Å²) in [5.41, 5.74) is 0. The van der Waals surface area contributed by atoms with Crippen molar-refractivity contribution in [3.8, 4) is 5.75 Å². The van der Waals surface area contributed by atoms with Gasteiger partial charge in [-0.2, -0.15) is 0 Å². The number of hydrogen-bond acceptors (Lipinski definition) is 5. The van der Waals surface area contributed by atoms with E-state index in [1.54, 1.807) is 6.33 Å². The molecule has 0 unspecified atom stereocenters. The van der Waals surface area contributed by atoms with Crippen molar-refractivity contribution in [2.75, 3.05) is 32.9 Å². The normalized spacial score (nSPS) is 18.8. The quantitative estimate of drug-likeness (QED) is 0.826. The summed E-state index contributed by atoms with van der Waals surface area (Å²) in [5.74, 6) is 2.16. The summed E-state index contributed by atoms with van der Waals surface area (Å²) in [7, 11) is 0. The molecule has 2 fully saturated rings. The van der Waals surface area contributed by atoms with E-state index < -0.39 is 0 Å². The van der Waals surface area contributed by atoms with Gasteiger partial charge in [-0.25, -0.2) is 0 Å². The molecular formula is C18H22N4O3. The molecule has 0 bridgehead atoms. The number of benzene rings is 1. The molecule has 1 aromatic heterocycles. The SMILES string of the molecule is O=C(COc1ccccc1)N1CC(n2cnnc2C2CCOCC2)C1. The highest BCUT2D eigenvalue weighted by molar-refractivity contribution is 5.78. The number of para-hydroxylation sites is 1. The topological polar surface area (TPSA) is 69.5 Å². The van der Waals surface area contributed by atoms with Crippen molar-refractivity contribution in [1.82, 2.24) is 19.7 Å². The Morgan fingerprint density at radius 3 is 2.72 bits per heavy atom. The van der Waals surface area contributed by atoms with Gasteiger partial charge < -0.3 is 18.9 Å². The Morgan fingerprint density at radius 1 is 1.20 bits per heavy atom. The number of likely N-dealkylation sites (tertiary alicyclic amines) is 1. The van der Waals surface area contributed by atoms with E-state index in [9.17, 15) is 4.79 Å². The second-order valence-electron chi connectivity index (χ2n) is 6.54. The number of nitrogens with zero attached hydrogens (tertiary/aromatic N) is 4. The summed E-state index contributed by atoms with van der Waals surface area (Å²) in [6, 6.07) is 9.66. The maximum absolute atomic E-state index is 12.2. The van der Waals surface area contributed by atoms with Crippen LogP contribution in [0.2, 0.25) is 0 Å². The number of aromatic nitrogens is 3. The average molecular weight is 342 g/mol. The zero-order chi connectivity index (χ0) is 17.1. The maximum atomic E-state index is 12.2. The average Bonchev–Trinajstić information content (AvgIpc) is 3.10. The second-order valence-corrected chi connectivity index (χ2v) is 6.54. The first-order valence-corrected chi connectivity index (χ1v) is 8.74. The Labute approximate surface area is 146 Å². The van der Waals surface area contributed by atoms with Crippen LogP contribution < -0.4 is 4.74 Å². The first-order valence-electron chi connectivity index (χ1n) is 8.74. The van der Waals surface area contributed by atoms with E-state index in [1.165, 1.54) is 0 Å². The molecule has 0 saturated carbocycles. The van der Waals surface area contributed by atoms with Crippen molar-refractivity contribution in [1.29, 1.82) is 0 Å². The summed E-state index contributed by atoms with van der Waals surface area (Å²) < 4.78 is 13.1. The number of rotatable bonds is 5. The molecule has 1 amide bonds. The number of hydrogen-bond donors (Lipinski definition) is 0. The van der Waals surface area contributed by atoms with Crippen LogP contribution in [0.3, 0.4) is 0 Å². The third kappa shape index (κ3) is 3.51. The van der Waals surface area contributed by atoms with Crippen molar-refractivity contribution in [3.05, 3.63) is 42.5 Å². The number of carbonyl (C=O) groups excluding carboxylic acids is 1. The minimum absolute atomic E-state index is 0.0146. The van der Waals surface area contributed by atoms with Crippen molar-refractivity contribution >= 4 is 5.91 Å². The van der Waals surface area contributed by atoms with Crippen LogP contribution in [0.5, 0.6) is 5.75 Å². The van der Waals surface area contributed by atoms with E-state index in [0.717, 1.165) is 31.9 Å². The fourth-order valence-corrected chi connectivity index (χ4v) is 3.37. The van der Waals surface area contributed by atoms with Gasteiger partial charge in [0.25, 0.3) is 5.91 Å². The Balaban J connectivity index is 1.30. The third-order valence-corrected chi connectivity index (χ3v) is 4.90. The van der Waals surface area contributed by atoms with Gasteiger partial charge in [0.05, 0.1) is 6.04 Å². The number of ether oxygens (including phenoxy) is 2. The summed E-state index contributed by atoms with van der Waals surface area (Å²) in [6.45, 7) is 3.01. The number of amides is 1. The van der Waals surface area contributed by atoms with Crippen LogP contribution in [-0.4, -0.2) is 58.5 Å². The lowest BCUT2D eigenvalue weighted by Gasteiger charge is -2.40. The standard InChI is InChI=1S/C18H22N4O3/c23-17(12-25-16-4-2-1-3-5-16)21-10-15(11-21)22-13-19-20-18(22)14-6-8-24-9-7-14/h1-5,13-15H,6-12H2. The molecule has 2 saturated heterocycles. The van der Waals surface area contributed by atoms with E-state index in [2.05, 4.69) is 14.8 Å². The van der Waals surface area contributed by atoms with Crippen LogP contribution in [0.25, 0.3) is 0 Å². The van der Waals surface area contributed by atoms with Gasteiger partial charge in [0.2, 0.25) is 0 Å². The predicted octanol–water partition coefficient (Wildman–Crippen LogP) is 1.63.